The van der Waals surface area contributed by atoms with Gasteiger partial charge in [0.05, 0.1) is 6.61 Å². The Morgan fingerprint density at radius 2 is 1.09 bits per heavy atom. The number of rotatable bonds is 37. The number of allylic oxidation sites excluding steroid dienone is 3. The summed E-state index contributed by atoms with van der Waals surface area (Å²) in [7, 11) is -4.61. The van der Waals surface area contributed by atoms with Crippen molar-refractivity contribution in [3.63, 3.8) is 0 Å². The van der Waals surface area contributed by atoms with Gasteiger partial charge in [-0.05, 0) is 76.4 Å². The average molecular weight is 845 g/mol. The number of hydrogen-bond donors (Lipinski definition) is 4. The number of carbonyl (C=O) groups excluding carboxylic acids is 2. The lowest BCUT2D eigenvalue weighted by molar-refractivity contribution is -0.297. The van der Waals surface area contributed by atoms with Crippen molar-refractivity contribution in [2.24, 2.45) is 0 Å². The quantitative estimate of drug-likeness (QED) is 0.0153. The Morgan fingerprint density at radius 1 is 0.621 bits per heavy atom. The van der Waals surface area contributed by atoms with Crippen molar-refractivity contribution in [1.82, 2.24) is 0 Å². The molecule has 58 heavy (non-hydrogen) atoms. The van der Waals surface area contributed by atoms with Gasteiger partial charge in [0.15, 0.2) is 12.4 Å². The molecule has 0 aromatic carbocycles. The van der Waals surface area contributed by atoms with Crippen LogP contribution in [0.15, 0.2) is 30.0 Å². The largest absolute Gasteiger partial charge is 0.462 e. The molecule has 1 saturated heterocycles. The van der Waals surface area contributed by atoms with E-state index in [0.717, 1.165) is 57.8 Å². The van der Waals surface area contributed by atoms with E-state index in [2.05, 4.69) is 43.9 Å². The fraction of sp³-hybridized carbons (Fsp3) is 0.844. The van der Waals surface area contributed by atoms with Crippen LogP contribution in [0.2, 0.25) is 0 Å². The number of ether oxygens (including phenoxy) is 4. The SMILES string of the molecule is CCCCCCCC=C=CCCCCCCCC(=O)O[C@H](COC(=O)CCCC/C=C/CCCCCCCCCCC)CO[C@H]1O[C@H](CS(=O)(=O)O)[C@@H](O)C(O)C1O. The molecular formula is C45H80O12S. The summed E-state index contributed by atoms with van der Waals surface area (Å²) in [5.41, 5.74) is 3.27. The summed E-state index contributed by atoms with van der Waals surface area (Å²) in [5, 5.41) is 30.9. The molecule has 0 saturated carbocycles. The van der Waals surface area contributed by atoms with E-state index in [4.69, 9.17) is 18.9 Å². The van der Waals surface area contributed by atoms with Crippen LogP contribution in [-0.4, -0.2) is 96.0 Å². The summed E-state index contributed by atoms with van der Waals surface area (Å²) in [4.78, 5) is 25.4. The normalized spacial score (nSPS) is 20.1. The fourth-order valence-corrected chi connectivity index (χ4v) is 7.40. The minimum atomic E-state index is -4.61. The van der Waals surface area contributed by atoms with Gasteiger partial charge in [-0.1, -0.05) is 122 Å². The second-order valence-corrected chi connectivity index (χ2v) is 17.3. The van der Waals surface area contributed by atoms with E-state index < -0.39 is 71.2 Å². The third kappa shape index (κ3) is 30.0. The van der Waals surface area contributed by atoms with E-state index in [1.807, 2.05) is 0 Å². The first-order valence-corrected chi connectivity index (χ1v) is 24.2. The van der Waals surface area contributed by atoms with Crippen molar-refractivity contribution in [2.75, 3.05) is 19.0 Å². The second kappa shape index (κ2) is 35.6. The van der Waals surface area contributed by atoms with Crippen LogP contribution in [0.5, 0.6) is 0 Å². The molecule has 12 nitrogen and oxygen atoms in total. The second-order valence-electron chi connectivity index (χ2n) is 15.8. The van der Waals surface area contributed by atoms with Gasteiger partial charge < -0.3 is 34.3 Å². The summed E-state index contributed by atoms with van der Waals surface area (Å²) in [6, 6.07) is 0. The van der Waals surface area contributed by atoms with E-state index in [9.17, 15) is 37.9 Å². The first-order valence-electron chi connectivity index (χ1n) is 22.6. The number of carbonyl (C=O) groups is 2. The highest BCUT2D eigenvalue weighted by atomic mass is 32.2. The Labute approximate surface area is 351 Å². The fourth-order valence-electron chi connectivity index (χ4n) is 6.71. The summed E-state index contributed by atoms with van der Waals surface area (Å²) in [6.45, 7) is 3.71. The van der Waals surface area contributed by atoms with Crippen LogP contribution in [0.1, 0.15) is 187 Å². The van der Waals surface area contributed by atoms with Crippen molar-refractivity contribution in [3.05, 3.63) is 30.0 Å². The van der Waals surface area contributed by atoms with Crippen molar-refractivity contribution >= 4 is 22.1 Å². The maximum Gasteiger partial charge on any atom is 0.306 e. The smallest absolute Gasteiger partial charge is 0.306 e. The number of aliphatic hydroxyl groups is 3. The highest BCUT2D eigenvalue weighted by Crippen LogP contribution is 2.24. The molecule has 13 heteroatoms. The van der Waals surface area contributed by atoms with Gasteiger partial charge in [0.2, 0.25) is 0 Å². The summed E-state index contributed by atoms with van der Waals surface area (Å²) in [5.74, 6) is -2.03. The minimum absolute atomic E-state index is 0.141. The topological polar surface area (TPSA) is 186 Å². The number of hydrogen-bond acceptors (Lipinski definition) is 11. The molecule has 0 aromatic rings. The molecule has 1 rings (SSSR count). The summed E-state index contributed by atoms with van der Waals surface area (Å²) >= 11 is 0. The molecule has 4 N–H and O–H groups in total. The number of aliphatic hydroxyl groups excluding tert-OH is 3. The Morgan fingerprint density at radius 3 is 1.64 bits per heavy atom. The van der Waals surface area contributed by atoms with Crippen molar-refractivity contribution in [3.8, 4) is 0 Å². The molecule has 6 atom stereocenters. The first kappa shape index (κ1) is 53.9. The molecule has 1 aliphatic rings. The molecule has 1 aliphatic heterocycles. The lowest BCUT2D eigenvalue weighted by Crippen LogP contribution is -2.60. The van der Waals surface area contributed by atoms with E-state index in [1.54, 1.807) is 0 Å². The molecule has 338 valence electrons. The molecule has 1 fully saturated rings. The minimum Gasteiger partial charge on any atom is -0.462 e. The van der Waals surface area contributed by atoms with E-state index in [0.29, 0.717) is 12.8 Å². The lowest BCUT2D eigenvalue weighted by Gasteiger charge is -2.40. The molecule has 1 heterocycles. The molecule has 0 bridgehead atoms. The van der Waals surface area contributed by atoms with Crippen molar-refractivity contribution < 1.29 is 56.8 Å². The van der Waals surface area contributed by atoms with Gasteiger partial charge in [-0.15, -0.1) is 5.73 Å². The molecule has 2 unspecified atom stereocenters. The van der Waals surface area contributed by atoms with Gasteiger partial charge in [0.1, 0.15) is 36.8 Å². The summed E-state index contributed by atoms with van der Waals surface area (Å²) in [6.07, 6.45) is 27.2. The van der Waals surface area contributed by atoms with Crippen molar-refractivity contribution in [1.29, 1.82) is 0 Å². The van der Waals surface area contributed by atoms with Crippen LogP contribution in [-0.2, 0) is 38.7 Å². The van der Waals surface area contributed by atoms with Gasteiger partial charge in [0.25, 0.3) is 10.1 Å². The first-order chi connectivity index (χ1) is 28.0. The van der Waals surface area contributed by atoms with Crippen LogP contribution in [0, 0.1) is 0 Å². The van der Waals surface area contributed by atoms with Crippen LogP contribution < -0.4 is 0 Å². The zero-order valence-electron chi connectivity index (χ0n) is 35.9. The molecule has 0 aliphatic carbocycles. The predicted octanol–water partition coefficient (Wildman–Crippen LogP) is 8.99. The van der Waals surface area contributed by atoms with Crippen LogP contribution in [0.4, 0.5) is 0 Å². The highest BCUT2D eigenvalue weighted by Gasteiger charge is 2.46. The monoisotopic (exact) mass is 845 g/mol. The third-order valence-electron chi connectivity index (χ3n) is 10.3. The Balaban J connectivity index is 2.48. The van der Waals surface area contributed by atoms with Gasteiger partial charge in [0, 0.05) is 12.8 Å². The standard InChI is InChI=1S/C45H80O12S/c1-3-5-7-9-11-13-15-17-19-21-23-25-27-29-31-33-40(46)54-35-38(36-55-45-44(50)43(49)42(48)39(57-45)37-58(51,52)53)56-41(47)34-32-30-28-26-24-22-20-18-16-14-12-10-8-6-4-2/h16,20,23,25,38-39,42-45,48-50H,3-15,17,19,21-22,24,26-37H2,1-2H3,(H,51,52,53)/b25-23+/t18?,38-,39-,42-,43?,44?,45+/m1/s1. The van der Waals surface area contributed by atoms with Crippen LogP contribution in [0.3, 0.4) is 0 Å². The predicted molar refractivity (Wildman–Crippen MR) is 228 cm³/mol. The Kier molecular flexibility index (Phi) is 33.1. The van der Waals surface area contributed by atoms with E-state index in [-0.39, 0.29) is 19.4 Å². The Bertz CT molecular complexity index is 1230. The summed E-state index contributed by atoms with van der Waals surface area (Å²) < 4.78 is 54.0. The lowest BCUT2D eigenvalue weighted by atomic mass is 10.00. The Hall–Kier alpha value is -2.09. The third-order valence-corrected chi connectivity index (χ3v) is 11.0. The van der Waals surface area contributed by atoms with Crippen molar-refractivity contribution in [2.45, 2.75) is 224 Å². The molecule has 0 radical (unpaired) electrons. The zero-order chi connectivity index (χ0) is 42.7. The zero-order valence-corrected chi connectivity index (χ0v) is 36.8. The van der Waals surface area contributed by atoms with Crippen LogP contribution in [0.25, 0.3) is 0 Å². The average Bonchev–Trinajstić information content (AvgIpc) is 3.18. The van der Waals surface area contributed by atoms with E-state index >= 15 is 0 Å². The molecule has 0 spiro atoms. The van der Waals surface area contributed by atoms with Gasteiger partial charge in [-0.3, -0.25) is 14.1 Å². The highest BCUT2D eigenvalue weighted by molar-refractivity contribution is 7.85. The van der Waals surface area contributed by atoms with Crippen LogP contribution >= 0.6 is 0 Å². The van der Waals surface area contributed by atoms with E-state index in [1.165, 1.54) is 89.9 Å². The maximum absolute atomic E-state index is 12.8. The molecule has 0 aromatic heterocycles. The van der Waals surface area contributed by atoms with Gasteiger partial charge in [-0.25, -0.2) is 0 Å². The van der Waals surface area contributed by atoms with Gasteiger partial charge >= 0.3 is 11.9 Å². The van der Waals surface area contributed by atoms with Gasteiger partial charge in [-0.2, -0.15) is 8.42 Å². The maximum atomic E-state index is 12.8. The number of unbranched alkanes of at least 4 members (excludes halogenated alkanes) is 21. The molecule has 0 amide bonds. The molecular weight excluding hydrogens is 765 g/mol. The number of esters is 2.